The summed E-state index contributed by atoms with van der Waals surface area (Å²) in [7, 11) is 0. The molecule has 0 aromatic rings. The van der Waals surface area contributed by atoms with Crippen LogP contribution < -0.4 is 27.4 Å². The second-order valence-corrected chi connectivity index (χ2v) is 6.17. The van der Waals surface area contributed by atoms with Crippen LogP contribution in [-0.2, 0) is 24.0 Å². The Labute approximate surface area is 156 Å². The smallest absolute Gasteiger partial charge is 0.326 e. The van der Waals surface area contributed by atoms with E-state index in [0.29, 0.717) is 0 Å². The number of thiol groups is 1. The lowest BCUT2D eigenvalue weighted by Gasteiger charge is -2.24. The highest BCUT2D eigenvalue weighted by Crippen LogP contribution is 2.04. The van der Waals surface area contributed by atoms with Crippen molar-refractivity contribution in [3.8, 4) is 0 Å². The first-order valence-electron chi connectivity index (χ1n) is 7.75. The molecule has 12 heteroatoms. The van der Waals surface area contributed by atoms with Crippen molar-refractivity contribution in [2.45, 2.75) is 38.4 Å². The summed E-state index contributed by atoms with van der Waals surface area (Å²) in [5.74, 6) is -4.96. The van der Waals surface area contributed by atoms with Gasteiger partial charge >= 0.3 is 5.97 Å². The second-order valence-electron chi connectivity index (χ2n) is 5.81. The van der Waals surface area contributed by atoms with Gasteiger partial charge in [-0.1, -0.05) is 13.8 Å². The Morgan fingerprint density at radius 2 is 1.54 bits per heavy atom. The zero-order chi connectivity index (χ0) is 20.4. The number of carboxylic acids is 1. The van der Waals surface area contributed by atoms with Crippen LogP contribution in [0.3, 0.4) is 0 Å². The van der Waals surface area contributed by atoms with Crippen LogP contribution in [0.25, 0.3) is 0 Å². The number of rotatable bonds is 11. The average molecular weight is 391 g/mol. The quantitative estimate of drug-likeness (QED) is 0.182. The number of carbonyl (C=O) groups is 5. The zero-order valence-electron chi connectivity index (χ0n) is 14.5. The third-order valence-corrected chi connectivity index (χ3v) is 3.65. The van der Waals surface area contributed by atoms with Crippen molar-refractivity contribution in [1.82, 2.24) is 16.0 Å². The van der Waals surface area contributed by atoms with E-state index in [4.69, 9.17) is 16.6 Å². The molecule has 0 aliphatic heterocycles. The van der Waals surface area contributed by atoms with Gasteiger partial charge in [-0.3, -0.25) is 19.2 Å². The second kappa shape index (κ2) is 11.3. The van der Waals surface area contributed by atoms with E-state index in [0.717, 1.165) is 0 Å². The molecule has 0 bridgehead atoms. The maximum Gasteiger partial charge on any atom is 0.326 e. The molecule has 3 unspecified atom stereocenters. The van der Waals surface area contributed by atoms with Crippen molar-refractivity contribution in [2.24, 2.45) is 17.4 Å². The molecule has 0 aliphatic carbocycles. The summed E-state index contributed by atoms with van der Waals surface area (Å²) < 4.78 is 0. The molecule has 11 nitrogen and oxygen atoms in total. The van der Waals surface area contributed by atoms with Crippen LogP contribution in [-0.4, -0.2) is 65.1 Å². The van der Waals surface area contributed by atoms with Gasteiger partial charge in [-0.25, -0.2) is 4.79 Å². The number of carbonyl (C=O) groups excluding carboxylic acids is 4. The minimum atomic E-state index is -1.40. The molecule has 0 rings (SSSR count). The normalized spacial score (nSPS) is 14.0. The van der Waals surface area contributed by atoms with Gasteiger partial charge in [-0.05, 0) is 5.92 Å². The third-order valence-electron chi connectivity index (χ3n) is 3.29. The SMILES string of the molecule is CC(C)C(NC(=O)C(CC(N)=O)NC(=O)C(CS)NC(=O)CN)C(=O)O. The van der Waals surface area contributed by atoms with Gasteiger partial charge in [0.1, 0.15) is 18.1 Å². The number of nitrogens with two attached hydrogens (primary N) is 2. The predicted octanol–water partition coefficient (Wildman–Crippen LogP) is -3.05. The van der Waals surface area contributed by atoms with E-state index in [-0.39, 0.29) is 12.3 Å². The van der Waals surface area contributed by atoms with Gasteiger partial charge in [-0.2, -0.15) is 12.6 Å². The van der Waals surface area contributed by atoms with E-state index in [2.05, 4.69) is 28.6 Å². The lowest BCUT2D eigenvalue weighted by molar-refractivity contribution is -0.143. The van der Waals surface area contributed by atoms with Crippen LogP contribution in [0.5, 0.6) is 0 Å². The molecule has 26 heavy (non-hydrogen) atoms. The van der Waals surface area contributed by atoms with Gasteiger partial charge in [0.15, 0.2) is 0 Å². The van der Waals surface area contributed by atoms with Crippen molar-refractivity contribution < 1.29 is 29.1 Å². The van der Waals surface area contributed by atoms with Gasteiger partial charge in [0, 0.05) is 5.75 Å². The van der Waals surface area contributed by atoms with E-state index in [1.54, 1.807) is 13.8 Å². The number of hydrogen-bond donors (Lipinski definition) is 7. The van der Waals surface area contributed by atoms with Crippen LogP contribution in [0.2, 0.25) is 0 Å². The number of primary amides is 1. The molecular formula is C14H25N5O6S. The molecule has 8 N–H and O–H groups in total. The zero-order valence-corrected chi connectivity index (χ0v) is 15.4. The molecule has 0 radical (unpaired) electrons. The highest BCUT2D eigenvalue weighted by atomic mass is 32.1. The fourth-order valence-corrected chi connectivity index (χ4v) is 2.15. The lowest BCUT2D eigenvalue weighted by Crippen LogP contribution is -2.58. The summed E-state index contributed by atoms with van der Waals surface area (Å²) in [6.45, 7) is 2.82. The van der Waals surface area contributed by atoms with Crippen LogP contribution in [0.15, 0.2) is 0 Å². The van der Waals surface area contributed by atoms with E-state index in [9.17, 15) is 24.0 Å². The molecule has 0 aliphatic rings. The minimum absolute atomic E-state index is 0.0910. The molecular weight excluding hydrogens is 366 g/mol. The maximum atomic E-state index is 12.3. The van der Waals surface area contributed by atoms with Crippen LogP contribution in [0.1, 0.15) is 20.3 Å². The fourth-order valence-electron chi connectivity index (χ4n) is 1.90. The van der Waals surface area contributed by atoms with Crippen molar-refractivity contribution in [3.63, 3.8) is 0 Å². The summed E-state index contributed by atoms with van der Waals surface area (Å²) >= 11 is 3.94. The van der Waals surface area contributed by atoms with Crippen LogP contribution in [0.4, 0.5) is 0 Å². The first kappa shape index (κ1) is 23.7. The monoisotopic (exact) mass is 391 g/mol. The predicted molar refractivity (Wildman–Crippen MR) is 95.0 cm³/mol. The van der Waals surface area contributed by atoms with Crippen LogP contribution in [0, 0.1) is 5.92 Å². The first-order chi connectivity index (χ1) is 12.0. The van der Waals surface area contributed by atoms with E-state index < -0.39 is 60.1 Å². The van der Waals surface area contributed by atoms with Crippen molar-refractivity contribution >= 4 is 42.2 Å². The Bertz CT molecular complexity index is 556. The summed E-state index contributed by atoms with van der Waals surface area (Å²) in [6, 6.07) is -3.72. The van der Waals surface area contributed by atoms with Gasteiger partial charge in [0.2, 0.25) is 23.6 Å². The molecule has 148 valence electrons. The molecule has 0 aromatic heterocycles. The van der Waals surface area contributed by atoms with Crippen molar-refractivity contribution in [1.29, 1.82) is 0 Å². The number of aliphatic carboxylic acids is 1. The molecule has 0 fully saturated rings. The fraction of sp³-hybridized carbons (Fsp3) is 0.643. The van der Waals surface area contributed by atoms with Crippen LogP contribution >= 0.6 is 12.6 Å². The highest BCUT2D eigenvalue weighted by molar-refractivity contribution is 7.80. The van der Waals surface area contributed by atoms with E-state index in [1.807, 2.05) is 0 Å². The highest BCUT2D eigenvalue weighted by Gasteiger charge is 2.31. The third kappa shape index (κ3) is 8.16. The summed E-state index contributed by atoms with van der Waals surface area (Å²) in [5.41, 5.74) is 10.2. The van der Waals surface area contributed by atoms with Gasteiger partial charge in [0.05, 0.1) is 13.0 Å². The van der Waals surface area contributed by atoms with Crippen molar-refractivity contribution in [2.75, 3.05) is 12.3 Å². The summed E-state index contributed by atoms with van der Waals surface area (Å²) in [6.07, 6.45) is -0.549. The van der Waals surface area contributed by atoms with Gasteiger partial charge in [0.25, 0.3) is 0 Å². The van der Waals surface area contributed by atoms with E-state index in [1.165, 1.54) is 0 Å². The molecule has 3 atom stereocenters. The Hall–Kier alpha value is -2.34. The Balaban J connectivity index is 5.20. The van der Waals surface area contributed by atoms with Gasteiger partial charge in [-0.15, -0.1) is 0 Å². The molecule has 0 saturated heterocycles. The average Bonchev–Trinajstić information content (AvgIpc) is 2.54. The Kier molecular flexibility index (Phi) is 10.3. The molecule has 0 spiro atoms. The van der Waals surface area contributed by atoms with E-state index >= 15 is 0 Å². The Morgan fingerprint density at radius 1 is 1.00 bits per heavy atom. The number of nitrogens with one attached hydrogen (secondary N) is 3. The molecule has 0 aromatic carbocycles. The molecule has 0 heterocycles. The molecule has 4 amide bonds. The minimum Gasteiger partial charge on any atom is -0.480 e. The topological polar surface area (TPSA) is 194 Å². The summed E-state index contributed by atoms with van der Waals surface area (Å²) in [4.78, 5) is 58.2. The number of amides is 4. The maximum absolute atomic E-state index is 12.3. The van der Waals surface area contributed by atoms with Gasteiger partial charge < -0.3 is 32.5 Å². The lowest BCUT2D eigenvalue weighted by atomic mass is 10.0. The summed E-state index contributed by atoms with van der Waals surface area (Å²) in [5, 5.41) is 15.9. The number of carboxylic acid groups (broad SMARTS) is 1. The molecule has 0 saturated carbocycles. The van der Waals surface area contributed by atoms with Crippen molar-refractivity contribution in [3.05, 3.63) is 0 Å². The number of hydrogen-bond acceptors (Lipinski definition) is 7. The Morgan fingerprint density at radius 3 is 1.92 bits per heavy atom. The standard InChI is InChI=1S/C14H25N5O6S/c1-6(2)11(14(24)25)19-12(22)7(3-9(16)20)18-13(23)8(5-26)17-10(21)4-15/h6-8,11,26H,3-5,15H2,1-2H3,(H2,16,20)(H,17,21)(H,18,23)(H,19,22)(H,24,25). The first-order valence-corrected chi connectivity index (χ1v) is 8.38. The largest absolute Gasteiger partial charge is 0.480 e.